The van der Waals surface area contributed by atoms with Crippen LogP contribution in [0.1, 0.15) is 41.1 Å². The number of fused-ring (bicyclic) bond motifs is 1. The summed E-state index contributed by atoms with van der Waals surface area (Å²) in [5, 5.41) is 2.64. The van der Waals surface area contributed by atoms with E-state index in [1.54, 1.807) is 36.4 Å². The third-order valence-electron chi connectivity index (χ3n) is 7.22. The van der Waals surface area contributed by atoms with Crippen molar-refractivity contribution >= 4 is 35.1 Å². The Morgan fingerprint density at radius 3 is 2.45 bits per heavy atom. The van der Waals surface area contributed by atoms with Crippen LogP contribution < -0.4 is 15.0 Å². The molecule has 0 aromatic heterocycles. The second kappa shape index (κ2) is 10.9. The predicted molar refractivity (Wildman–Crippen MR) is 141 cm³/mol. The Kier molecular flexibility index (Phi) is 7.22. The Bertz CT molecular complexity index is 1370. The van der Waals surface area contributed by atoms with Crippen molar-refractivity contribution in [3.63, 3.8) is 0 Å². The molecule has 0 radical (unpaired) electrons. The molecular formula is C30H28N2O6. The highest BCUT2D eigenvalue weighted by Gasteiger charge is 2.50. The highest BCUT2D eigenvalue weighted by Crippen LogP contribution is 2.45. The molecule has 1 aliphatic heterocycles. The molecule has 8 heteroatoms. The molecule has 194 valence electrons. The van der Waals surface area contributed by atoms with Crippen molar-refractivity contribution in [2.45, 2.75) is 25.2 Å². The van der Waals surface area contributed by atoms with E-state index in [-0.39, 0.29) is 35.1 Å². The zero-order valence-corrected chi connectivity index (χ0v) is 21.0. The van der Waals surface area contributed by atoms with Crippen LogP contribution in [0.5, 0.6) is 5.75 Å². The van der Waals surface area contributed by atoms with Crippen molar-refractivity contribution in [3.05, 3.63) is 90.0 Å². The quantitative estimate of drug-likeness (QED) is 0.368. The number of carbonyl (C=O) groups is 4. The van der Waals surface area contributed by atoms with Crippen LogP contribution in [0.25, 0.3) is 0 Å². The van der Waals surface area contributed by atoms with E-state index in [0.29, 0.717) is 30.0 Å². The van der Waals surface area contributed by atoms with Gasteiger partial charge < -0.3 is 14.8 Å². The fourth-order valence-electron chi connectivity index (χ4n) is 5.35. The second-order valence-electron chi connectivity index (χ2n) is 9.55. The summed E-state index contributed by atoms with van der Waals surface area (Å²) in [6.07, 6.45) is 2.12. The average Bonchev–Trinajstić information content (AvgIpc) is 3.21. The van der Waals surface area contributed by atoms with Crippen LogP contribution >= 0.6 is 0 Å². The van der Waals surface area contributed by atoms with Gasteiger partial charge in [-0.2, -0.15) is 0 Å². The number of esters is 1. The van der Waals surface area contributed by atoms with Crippen molar-refractivity contribution in [2.24, 2.45) is 11.8 Å². The van der Waals surface area contributed by atoms with Crippen molar-refractivity contribution in [1.29, 1.82) is 0 Å². The Morgan fingerprint density at radius 2 is 1.66 bits per heavy atom. The molecule has 1 N–H and O–H groups in total. The Balaban J connectivity index is 1.23. The van der Waals surface area contributed by atoms with E-state index in [9.17, 15) is 19.2 Å². The molecule has 5 rings (SSSR count). The first-order valence-electron chi connectivity index (χ1n) is 12.6. The number of carbonyl (C=O) groups excluding carboxylic acids is 4. The minimum Gasteiger partial charge on any atom is -0.497 e. The summed E-state index contributed by atoms with van der Waals surface area (Å²) in [4.78, 5) is 52.7. The molecular weight excluding hydrogens is 484 g/mol. The normalized spacial score (nSPS) is 20.6. The smallest absolute Gasteiger partial charge is 0.338 e. The molecule has 8 nitrogen and oxygen atoms in total. The van der Waals surface area contributed by atoms with Gasteiger partial charge in [0.15, 0.2) is 6.61 Å². The third kappa shape index (κ3) is 5.16. The van der Waals surface area contributed by atoms with E-state index in [1.807, 2.05) is 18.2 Å². The number of benzene rings is 3. The summed E-state index contributed by atoms with van der Waals surface area (Å²) in [6.45, 7) is -0.493. The maximum atomic E-state index is 13.4. The monoisotopic (exact) mass is 512 g/mol. The second-order valence-corrected chi connectivity index (χ2v) is 9.55. The van der Waals surface area contributed by atoms with E-state index in [1.165, 1.54) is 29.7 Å². The molecule has 2 fully saturated rings. The van der Waals surface area contributed by atoms with Crippen LogP contribution in [0.3, 0.4) is 0 Å². The minimum absolute atomic E-state index is 0.148. The van der Waals surface area contributed by atoms with Gasteiger partial charge in [-0.3, -0.25) is 19.3 Å². The molecule has 0 bridgehead atoms. The van der Waals surface area contributed by atoms with Gasteiger partial charge in [0.25, 0.3) is 5.91 Å². The van der Waals surface area contributed by atoms with Gasteiger partial charge in [0.05, 0.1) is 30.2 Å². The zero-order valence-electron chi connectivity index (χ0n) is 21.0. The van der Waals surface area contributed by atoms with Crippen LogP contribution in [-0.2, 0) is 19.1 Å². The van der Waals surface area contributed by atoms with E-state index in [4.69, 9.17) is 9.47 Å². The van der Waals surface area contributed by atoms with Crippen LogP contribution in [0.2, 0.25) is 0 Å². The van der Waals surface area contributed by atoms with Gasteiger partial charge in [-0.05, 0) is 61.1 Å². The van der Waals surface area contributed by atoms with E-state index in [2.05, 4.69) is 17.4 Å². The summed E-state index contributed by atoms with van der Waals surface area (Å²) >= 11 is 0. The first-order chi connectivity index (χ1) is 18.4. The lowest BCUT2D eigenvalue weighted by atomic mass is 9.73. The van der Waals surface area contributed by atoms with Crippen molar-refractivity contribution in [2.75, 3.05) is 23.9 Å². The number of imide groups is 1. The van der Waals surface area contributed by atoms with E-state index < -0.39 is 18.5 Å². The molecule has 3 aromatic rings. The van der Waals surface area contributed by atoms with E-state index in [0.717, 1.165) is 6.42 Å². The highest BCUT2D eigenvalue weighted by atomic mass is 16.5. The maximum absolute atomic E-state index is 13.4. The van der Waals surface area contributed by atoms with Crippen LogP contribution in [0, 0.1) is 11.8 Å². The summed E-state index contributed by atoms with van der Waals surface area (Å²) < 4.78 is 10.3. The lowest BCUT2D eigenvalue weighted by Gasteiger charge is -2.28. The number of ether oxygens (including phenoxy) is 2. The van der Waals surface area contributed by atoms with Crippen LogP contribution in [0.15, 0.2) is 78.9 Å². The fourth-order valence-corrected chi connectivity index (χ4v) is 5.35. The SMILES string of the molecule is COc1cccc(NC(=O)COC(=O)c2cccc(N3C(=O)[C@H]4C[C@@H](c5ccccc5)CC[C@H]4C3=O)c2)c1. The topological polar surface area (TPSA) is 102 Å². The maximum Gasteiger partial charge on any atom is 0.338 e. The molecule has 3 amide bonds. The van der Waals surface area contributed by atoms with Gasteiger partial charge in [0.2, 0.25) is 11.8 Å². The minimum atomic E-state index is -0.728. The first kappa shape index (κ1) is 25.2. The highest BCUT2D eigenvalue weighted by molar-refractivity contribution is 6.22. The Morgan fingerprint density at radius 1 is 0.895 bits per heavy atom. The van der Waals surface area contributed by atoms with Gasteiger partial charge in [-0.1, -0.05) is 42.5 Å². The van der Waals surface area contributed by atoms with Crippen LogP contribution in [0.4, 0.5) is 11.4 Å². The largest absolute Gasteiger partial charge is 0.497 e. The van der Waals surface area contributed by atoms with Gasteiger partial charge in [-0.15, -0.1) is 0 Å². The molecule has 1 saturated heterocycles. The first-order valence-corrected chi connectivity index (χ1v) is 12.6. The van der Waals surface area contributed by atoms with Gasteiger partial charge in [0, 0.05) is 11.8 Å². The fraction of sp³-hybridized carbons (Fsp3) is 0.267. The molecule has 1 heterocycles. The number of nitrogens with one attached hydrogen (secondary N) is 1. The number of methoxy groups -OCH3 is 1. The standard InChI is InChI=1S/C30H28N2O6/c1-37-24-12-6-10-22(17-24)31-27(33)18-38-30(36)21-9-5-11-23(15-21)32-28(34)25-14-13-20(16-26(25)29(32)35)19-7-3-2-4-8-19/h2-12,15,17,20,25-26H,13-14,16,18H2,1H3,(H,31,33)/t20-,25+,26-/m0/s1. The predicted octanol–water partition coefficient (Wildman–Crippen LogP) is 4.56. The Labute approximate surface area is 220 Å². The van der Waals surface area contributed by atoms with E-state index >= 15 is 0 Å². The van der Waals surface area contributed by atoms with Gasteiger partial charge in [-0.25, -0.2) is 4.79 Å². The number of amides is 3. The summed E-state index contributed by atoms with van der Waals surface area (Å²) in [7, 11) is 1.52. The van der Waals surface area contributed by atoms with Crippen molar-refractivity contribution in [1.82, 2.24) is 0 Å². The molecule has 3 aromatic carbocycles. The third-order valence-corrected chi connectivity index (χ3v) is 7.22. The number of hydrogen-bond donors (Lipinski definition) is 1. The summed E-state index contributed by atoms with van der Waals surface area (Å²) in [5.41, 5.74) is 2.18. The molecule has 1 saturated carbocycles. The Hall–Kier alpha value is -4.46. The van der Waals surface area contributed by atoms with Gasteiger partial charge in [0.1, 0.15) is 5.75 Å². The van der Waals surface area contributed by atoms with Gasteiger partial charge >= 0.3 is 5.97 Å². The molecule has 1 aliphatic carbocycles. The lowest BCUT2D eigenvalue weighted by Crippen LogP contribution is -2.31. The molecule has 3 atom stereocenters. The van der Waals surface area contributed by atoms with Crippen molar-refractivity contribution in [3.8, 4) is 5.75 Å². The number of hydrogen-bond acceptors (Lipinski definition) is 6. The number of rotatable bonds is 7. The molecule has 2 aliphatic rings. The molecule has 38 heavy (non-hydrogen) atoms. The average molecular weight is 513 g/mol. The zero-order chi connectivity index (χ0) is 26.6. The number of nitrogens with zero attached hydrogens (tertiary/aromatic N) is 1. The lowest BCUT2D eigenvalue weighted by molar-refractivity contribution is -0.122. The summed E-state index contributed by atoms with van der Waals surface area (Å²) in [6, 6.07) is 23.1. The summed E-state index contributed by atoms with van der Waals surface area (Å²) in [5.74, 6) is -1.61. The molecule has 0 unspecified atom stereocenters. The molecule has 0 spiro atoms. The van der Waals surface area contributed by atoms with Crippen molar-refractivity contribution < 1.29 is 28.7 Å². The number of anilines is 2. The van der Waals surface area contributed by atoms with Crippen LogP contribution in [-0.4, -0.2) is 37.4 Å².